The van der Waals surface area contributed by atoms with E-state index in [1.807, 2.05) is 10.8 Å². The number of hydrogen-bond acceptors (Lipinski definition) is 5. The van der Waals surface area contributed by atoms with Crippen LogP contribution in [0, 0.1) is 0 Å². The number of nitrogens with zero attached hydrogens (tertiary/aromatic N) is 4. The number of aromatic nitrogens is 4. The Morgan fingerprint density at radius 2 is 2.24 bits per heavy atom. The molecule has 2 aromatic rings. The van der Waals surface area contributed by atoms with Crippen LogP contribution in [0.4, 0.5) is 0 Å². The lowest BCUT2D eigenvalue weighted by Crippen LogP contribution is -2.13. The molecule has 92 valence electrons. The minimum atomic E-state index is 0.793. The van der Waals surface area contributed by atoms with Crippen molar-refractivity contribution in [3.05, 3.63) is 23.2 Å². The summed E-state index contributed by atoms with van der Waals surface area (Å²) in [6.07, 6.45) is 5.76. The lowest BCUT2D eigenvalue weighted by molar-refractivity contribution is 0.668. The molecule has 0 atom stereocenters. The van der Waals surface area contributed by atoms with Crippen molar-refractivity contribution in [3.63, 3.8) is 0 Å². The molecule has 17 heavy (non-hydrogen) atoms. The summed E-state index contributed by atoms with van der Waals surface area (Å²) in [5, 5.41) is 13.6. The van der Waals surface area contributed by atoms with Gasteiger partial charge in [-0.3, -0.25) is 4.57 Å². The third kappa shape index (κ3) is 2.89. The van der Waals surface area contributed by atoms with Crippen molar-refractivity contribution in [2.45, 2.75) is 33.2 Å². The van der Waals surface area contributed by atoms with E-state index < -0.39 is 0 Å². The van der Waals surface area contributed by atoms with Crippen molar-refractivity contribution in [3.8, 4) is 5.13 Å². The Morgan fingerprint density at radius 3 is 3.00 bits per heavy atom. The second-order valence-electron chi connectivity index (χ2n) is 3.72. The summed E-state index contributed by atoms with van der Waals surface area (Å²) in [7, 11) is 0. The first-order valence-corrected chi connectivity index (χ1v) is 6.72. The van der Waals surface area contributed by atoms with Crippen LogP contribution in [-0.4, -0.2) is 26.3 Å². The minimum absolute atomic E-state index is 0.793. The molecular formula is C11H17N5S. The number of nitrogens with one attached hydrogen (secondary N) is 1. The SMILES string of the molecule is CCCNCc1nnc(-n2ccnc2CC)s1. The fourth-order valence-electron chi connectivity index (χ4n) is 1.56. The lowest BCUT2D eigenvalue weighted by atomic mass is 10.5. The van der Waals surface area contributed by atoms with Crippen LogP contribution in [0.2, 0.25) is 0 Å². The van der Waals surface area contributed by atoms with Gasteiger partial charge in [0.1, 0.15) is 10.8 Å². The zero-order valence-electron chi connectivity index (χ0n) is 10.2. The third-order valence-corrected chi connectivity index (χ3v) is 3.32. The molecule has 0 unspecified atom stereocenters. The quantitative estimate of drug-likeness (QED) is 0.795. The molecule has 0 radical (unpaired) electrons. The summed E-state index contributed by atoms with van der Waals surface area (Å²) in [5.74, 6) is 1.02. The molecule has 0 bridgehead atoms. The molecule has 0 aromatic carbocycles. The third-order valence-electron chi connectivity index (χ3n) is 2.40. The predicted molar refractivity (Wildman–Crippen MR) is 68.4 cm³/mol. The molecule has 6 heteroatoms. The van der Waals surface area contributed by atoms with Crippen LogP contribution in [0.5, 0.6) is 0 Å². The van der Waals surface area contributed by atoms with Crippen LogP contribution in [0.3, 0.4) is 0 Å². The summed E-state index contributed by atoms with van der Waals surface area (Å²) in [6, 6.07) is 0. The molecule has 0 aliphatic carbocycles. The van der Waals surface area contributed by atoms with Gasteiger partial charge in [0, 0.05) is 25.4 Å². The van der Waals surface area contributed by atoms with Gasteiger partial charge in [0.2, 0.25) is 5.13 Å². The first kappa shape index (κ1) is 12.2. The van der Waals surface area contributed by atoms with Gasteiger partial charge in [-0.05, 0) is 13.0 Å². The van der Waals surface area contributed by atoms with Gasteiger partial charge in [-0.1, -0.05) is 25.2 Å². The molecule has 0 spiro atoms. The van der Waals surface area contributed by atoms with Crippen molar-refractivity contribution in [1.82, 2.24) is 25.1 Å². The van der Waals surface area contributed by atoms with Crippen LogP contribution in [-0.2, 0) is 13.0 Å². The highest BCUT2D eigenvalue weighted by Crippen LogP contribution is 2.16. The minimum Gasteiger partial charge on any atom is -0.310 e. The van der Waals surface area contributed by atoms with E-state index in [1.54, 1.807) is 17.5 Å². The smallest absolute Gasteiger partial charge is 0.217 e. The molecule has 5 nitrogen and oxygen atoms in total. The fourth-order valence-corrected chi connectivity index (χ4v) is 2.37. The topological polar surface area (TPSA) is 55.6 Å². The first-order chi connectivity index (χ1) is 8.35. The van der Waals surface area contributed by atoms with Crippen LogP contribution < -0.4 is 5.32 Å². The highest BCUT2D eigenvalue weighted by atomic mass is 32.1. The summed E-state index contributed by atoms with van der Waals surface area (Å²) in [6.45, 7) is 6.04. The van der Waals surface area contributed by atoms with Crippen molar-refractivity contribution in [2.24, 2.45) is 0 Å². The molecule has 0 aliphatic rings. The highest BCUT2D eigenvalue weighted by molar-refractivity contribution is 7.13. The van der Waals surface area contributed by atoms with Crippen LogP contribution in [0.15, 0.2) is 12.4 Å². The molecule has 1 N–H and O–H groups in total. The summed E-state index contributed by atoms with van der Waals surface area (Å²) in [5.41, 5.74) is 0. The van der Waals surface area contributed by atoms with E-state index in [1.165, 1.54) is 0 Å². The number of imidazole rings is 1. The molecule has 0 fully saturated rings. The average Bonchev–Trinajstić information content (AvgIpc) is 2.96. The van der Waals surface area contributed by atoms with E-state index in [0.29, 0.717) is 0 Å². The van der Waals surface area contributed by atoms with Gasteiger partial charge in [-0.25, -0.2) is 4.98 Å². The van der Waals surface area contributed by atoms with Crippen molar-refractivity contribution in [2.75, 3.05) is 6.54 Å². The van der Waals surface area contributed by atoms with E-state index in [9.17, 15) is 0 Å². The summed E-state index contributed by atoms with van der Waals surface area (Å²) >= 11 is 1.61. The number of aryl methyl sites for hydroxylation is 1. The van der Waals surface area contributed by atoms with Gasteiger partial charge in [-0.2, -0.15) is 0 Å². The Morgan fingerprint density at radius 1 is 1.35 bits per heavy atom. The van der Waals surface area contributed by atoms with Crippen molar-refractivity contribution in [1.29, 1.82) is 0 Å². The highest BCUT2D eigenvalue weighted by Gasteiger charge is 2.08. The molecule has 2 aromatic heterocycles. The van der Waals surface area contributed by atoms with Crippen molar-refractivity contribution >= 4 is 11.3 Å². The first-order valence-electron chi connectivity index (χ1n) is 5.90. The Kier molecular flexibility index (Phi) is 4.22. The monoisotopic (exact) mass is 251 g/mol. The largest absolute Gasteiger partial charge is 0.310 e. The van der Waals surface area contributed by atoms with Gasteiger partial charge in [0.25, 0.3) is 0 Å². The molecule has 0 amide bonds. The molecule has 2 heterocycles. The normalized spacial score (nSPS) is 10.9. The van der Waals surface area contributed by atoms with Crippen LogP contribution in [0.1, 0.15) is 31.1 Å². The van der Waals surface area contributed by atoms with Crippen LogP contribution in [0.25, 0.3) is 5.13 Å². The molecule has 0 saturated carbocycles. The van der Waals surface area contributed by atoms with Gasteiger partial charge >= 0.3 is 0 Å². The number of hydrogen-bond donors (Lipinski definition) is 1. The Hall–Kier alpha value is -1.27. The van der Waals surface area contributed by atoms with E-state index in [-0.39, 0.29) is 0 Å². The summed E-state index contributed by atoms with van der Waals surface area (Å²) < 4.78 is 2.00. The second kappa shape index (κ2) is 5.88. The maximum absolute atomic E-state index is 4.28. The van der Waals surface area contributed by atoms with E-state index in [0.717, 1.165) is 41.9 Å². The Labute approximate surface area is 105 Å². The van der Waals surface area contributed by atoms with E-state index >= 15 is 0 Å². The lowest BCUT2D eigenvalue weighted by Gasteiger charge is -1.99. The van der Waals surface area contributed by atoms with Gasteiger partial charge < -0.3 is 5.32 Å². The van der Waals surface area contributed by atoms with Gasteiger partial charge in [0.05, 0.1) is 0 Å². The van der Waals surface area contributed by atoms with Crippen LogP contribution >= 0.6 is 11.3 Å². The molecule has 0 saturated heterocycles. The maximum atomic E-state index is 4.28. The van der Waals surface area contributed by atoms with E-state index in [4.69, 9.17) is 0 Å². The fraction of sp³-hybridized carbons (Fsp3) is 0.545. The molecular weight excluding hydrogens is 234 g/mol. The second-order valence-corrected chi connectivity index (χ2v) is 4.76. The van der Waals surface area contributed by atoms with Gasteiger partial charge in [0.15, 0.2) is 0 Å². The van der Waals surface area contributed by atoms with E-state index in [2.05, 4.69) is 34.3 Å². The zero-order valence-corrected chi connectivity index (χ0v) is 11.0. The Balaban J connectivity index is 2.07. The standard InChI is InChI=1S/C11H17N5S/c1-3-5-12-8-10-14-15-11(17-10)16-7-6-13-9(16)4-2/h6-7,12H,3-5,8H2,1-2H3. The Bertz CT molecular complexity index is 462. The predicted octanol–water partition coefficient (Wildman–Crippen LogP) is 1.79. The summed E-state index contributed by atoms with van der Waals surface area (Å²) in [4.78, 5) is 4.28. The molecule has 2 rings (SSSR count). The average molecular weight is 251 g/mol. The van der Waals surface area contributed by atoms with Crippen molar-refractivity contribution < 1.29 is 0 Å². The molecule has 0 aliphatic heterocycles. The zero-order chi connectivity index (χ0) is 12.1. The maximum Gasteiger partial charge on any atom is 0.217 e. The number of rotatable bonds is 6. The van der Waals surface area contributed by atoms with Gasteiger partial charge in [-0.15, -0.1) is 10.2 Å².